The molecule has 0 saturated heterocycles. The smallest absolute Gasteiger partial charge is 0.247 e. The highest BCUT2D eigenvalue weighted by Gasteiger charge is 2.25. The predicted molar refractivity (Wildman–Crippen MR) is 221 cm³/mol. The molecule has 0 aliphatic rings. The summed E-state index contributed by atoms with van der Waals surface area (Å²) in [6.07, 6.45) is 59.1. The third-order valence-corrected chi connectivity index (χ3v) is 11.6. The van der Waals surface area contributed by atoms with Gasteiger partial charge in [-0.15, -0.1) is 0 Å². The van der Waals surface area contributed by atoms with Gasteiger partial charge in [0.15, 0.2) is 0 Å². The fourth-order valence-corrected chi connectivity index (χ4v) is 8.20. The summed E-state index contributed by atoms with van der Waals surface area (Å²) in [5, 5.41) is 0. The van der Waals surface area contributed by atoms with Gasteiger partial charge in [-0.25, -0.2) is 9.55 Å². The summed E-state index contributed by atoms with van der Waals surface area (Å²) in [6, 6.07) is 0.618. The van der Waals surface area contributed by atoms with Crippen molar-refractivity contribution in [2.45, 2.75) is 284 Å². The molecule has 1 heterocycles. The molecule has 0 bridgehead atoms. The molecule has 0 fully saturated rings. The van der Waals surface area contributed by atoms with Crippen LogP contribution in [-0.2, 0) is 0 Å². The van der Waals surface area contributed by atoms with Crippen LogP contribution in [0.2, 0.25) is 0 Å². The van der Waals surface area contributed by atoms with Gasteiger partial charge >= 0.3 is 0 Å². The highest BCUT2D eigenvalue weighted by Crippen LogP contribution is 2.28. The average Bonchev–Trinajstić information content (AvgIpc) is 3.60. The zero-order valence-electron chi connectivity index (χ0n) is 34.6. The second kappa shape index (κ2) is 37.0. The molecular weight excluding hydrogens is 593 g/mol. The van der Waals surface area contributed by atoms with Crippen LogP contribution < -0.4 is 4.57 Å². The molecule has 290 valence electrons. The Morgan fingerprint density at radius 3 is 0.959 bits per heavy atom. The van der Waals surface area contributed by atoms with Crippen LogP contribution in [-0.4, -0.2) is 4.98 Å². The van der Waals surface area contributed by atoms with Crippen molar-refractivity contribution in [1.29, 1.82) is 0 Å². The fourth-order valence-electron chi connectivity index (χ4n) is 8.20. The first kappa shape index (κ1) is 46.2. The molecule has 0 saturated carbocycles. The van der Waals surface area contributed by atoms with Crippen LogP contribution in [0.5, 0.6) is 0 Å². The molecule has 1 N–H and O–H groups in total. The highest BCUT2D eigenvalue weighted by molar-refractivity contribution is 4.90. The van der Waals surface area contributed by atoms with Gasteiger partial charge in [0.05, 0.1) is 12.0 Å². The number of aromatic nitrogens is 2. The van der Waals surface area contributed by atoms with Gasteiger partial charge in [-0.1, -0.05) is 239 Å². The molecule has 0 aliphatic heterocycles. The van der Waals surface area contributed by atoms with Crippen molar-refractivity contribution < 1.29 is 4.57 Å². The minimum absolute atomic E-state index is 0.618. The van der Waals surface area contributed by atoms with E-state index in [1.807, 2.05) is 0 Å². The minimum Gasteiger partial charge on any atom is -0.247 e. The number of hydrogen-bond donors (Lipinski definition) is 1. The van der Waals surface area contributed by atoms with Gasteiger partial charge in [-0.2, -0.15) is 0 Å². The Bertz CT molecular complexity index is 753. The van der Waals surface area contributed by atoms with Gasteiger partial charge < -0.3 is 0 Å². The Kier molecular flexibility index (Phi) is 34.9. The van der Waals surface area contributed by atoms with Crippen LogP contribution in [0.1, 0.15) is 289 Å². The molecule has 2 unspecified atom stereocenters. The Balaban J connectivity index is 2.35. The number of hydrogen-bond acceptors (Lipinski definition) is 0. The quantitative estimate of drug-likeness (QED) is 0.0524. The largest absolute Gasteiger partial charge is 0.257 e. The SMILES string of the molecule is CCCCCCCCCCCCCCCCCC(CCCCCCCCCCCCCCC)c1[nH]cc[n+]1C(C)CCCCCCCCC. The molecule has 0 aromatic carbocycles. The van der Waals surface area contributed by atoms with Gasteiger partial charge in [-0.3, -0.25) is 0 Å². The van der Waals surface area contributed by atoms with Crippen LogP contribution in [0, 0.1) is 0 Å². The van der Waals surface area contributed by atoms with Crippen molar-refractivity contribution >= 4 is 0 Å². The van der Waals surface area contributed by atoms with E-state index in [0.29, 0.717) is 12.0 Å². The van der Waals surface area contributed by atoms with Crippen LogP contribution in [0.3, 0.4) is 0 Å². The standard InChI is InChI=1S/C47H92N2/c1-5-8-11-14-17-19-21-23-24-26-28-30-33-36-39-42-46(41-38-35-32-29-27-25-22-20-18-15-12-9-6-2)47-48-43-44-49(47)45(4)40-37-34-31-16-13-10-7-3/h43-46H,5-42H2,1-4H3/p+1. The summed E-state index contributed by atoms with van der Waals surface area (Å²) in [4.78, 5) is 3.77. The molecule has 49 heavy (non-hydrogen) atoms. The molecular formula is C47H93N2+. The lowest BCUT2D eigenvalue weighted by Gasteiger charge is -2.17. The second-order valence-corrected chi connectivity index (χ2v) is 16.5. The molecule has 2 nitrogen and oxygen atoms in total. The van der Waals surface area contributed by atoms with Gasteiger partial charge in [0.1, 0.15) is 12.4 Å². The van der Waals surface area contributed by atoms with E-state index in [2.05, 4.69) is 49.6 Å². The molecule has 0 aliphatic carbocycles. The van der Waals surface area contributed by atoms with Gasteiger partial charge in [0.2, 0.25) is 0 Å². The first-order valence-corrected chi connectivity index (χ1v) is 23.3. The molecule has 2 atom stereocenters. The number of nitrogens with zero attached hydrogens (tertiary/aromatic N) is 1. The van der Waals surface area contributed by atoms with Crippen LogP contribution >= 0.6 is 0 Å². The average molecular weight is 686 g/mol. The number of H-pyrrole nitrogens is 1. The lowest BCUT2D eigenvalue weighted by Crippen LogP contribution is -2.41. The maximum absolute atomic E-state index is 3.77. The zero-order valence-corrected chi connectivity index (χ0v) is 34.6. The normalized spacial score (nSPS) is 13.0. The summed E-state index contributed by atoms with van der Waals surface area (Å²) in [5.74, 6) is 2.25. The third kappa shape index (κ3) is 28.5. The first-order valence-electron chi connectivity index (χ1n) is 23.3. The molecule has 0 radical (unpaired) electrons. The van der Waals surface area contributed by atoms with Crippen molar-refractivity contribution in [2.75, 3.05) is 0 Å². The van der Waals surface area contributed by atoms with Crippen molar-refractivity contribution in [1.82, 2.24) is 4.98 Å². The van der Waals surface area contributed by atoms with E-state index in [1.54, 1.807) is 5.82 Å². The summed E-state index contributed by atoms with van der Waals surface area (Å²) < 4.78 is 2.65. The van der Waals surface area contributed by atoms with Crippen molar-refractivity contribution in [3.63, 3.8) is 0 Å². The third-order valence-electron chi connectivity index (χ3n) is 11.6. The first-order chi connectivity index (χ1) is 24.2. The maximum Gasteiger partial charge on any atom is 0.257 e. The molecule has 1 aromatic rings. The molecule has 0 amide bonds. The maximum atomic E-state index is 3.77. The molecule has 1 rings (SSSR count). The summed E-state index contributed by atoms with van der Waals surface area (Å²) in [5.41, 5.74) is 0. The van der Waals surface area contributed by atoms with E-state index in [-0.39, 0.29) is 0 Å². The van der Waals surface area contributed by atoms with Crippen LogP contribution in [0.4, 0.5) is 0 Å². The van der Waals surface area contributed by atoms with E-state index in [1.165, 1.54) is 244 Å². The number of unbranched alkanes of at least 4 members (excludes halogenated alkanes) is 32. The van der Waals surface area contributed by atoms with Gasteiger partial charge in [0.25, 0.3) is 5.82 Å². The monoisotopic (exact) mass is 686 g/mol. The number of nitrogens with one attached hydrogen (secondary N) is 1. The predicted octanol–water partition coefficient (Wildman–Crippen LogP) is 16.8. The Hall–Kier alpha value is -0.790. The van der Waals surface area contributed by atoms with Gasteiger partial charge in [-0.05, 0) is 32.6 Å². The molecule has 0 spiro atoms. The lowest BCUT2D eigenvalue weighted by molar-refractivity contribution is -0.727. The van der Waals surface area contributed by atoms with E-state index in [4.69, 9.17) is 0 Å². The second-order valence-electron chi connectivity index (χ2n) is 16.5. The van der Waals surface area contributed by atoms with Crippen molar-refractivity contribution in [2.24, 2.45) is 0 Å². The van der Waals surface area contributed by atoms with E-state index in [0.717, 1.165) is 0 Å². The summed E-state index contributed by atoms with van der Waals surface area (Å²) >= 11 is 0. The van der Waals surface area contributed by atoms with E-state index >= 15 is 0 Å². The molecule has 2 heteroatoms. The summed E-state index contributed by atoms with van der Waals surface area (Å²) in [7, 11) is 0. The number of imidazole rings is 1. The van der Waals surface area contributed by atoms with Crippen molar-refractivity contribution in [3.8, 4) is 0 Å². The highest BCUT2D eigenvalue weighted by atomic mass is 15.1. The van der Waals surface area contributed by atoms with Crippen LogP contribution in [0.25, 0.3) is 0 Å². The van der Waals surface area contributed by atoms with Crippen LogP contribution in [0.15, 0.2) is 12.4 Å². The lowest BCUT2D eigenvalue weighted by atomic mass is 9.92. The van der Waals surface area contributed by atoms with E-state index < -0.39 is 0 Å². The number of aromatic amines is 1. The number of rotatable bonds is 40. The van der Waals surface area contributed by atoms with Gasteiger partial charge in [0, 0.05) is 0 Å². The topological polar surface area (TPSA) is 19.7 Å². The Morgan fingerprint density at radius 1 is 0.388 bits per heavy atom. The Labute approximate surface area is 310 Å². The molecule has 1 aromatic heterocycles. The minimum atomic E-state index is 0.618. The summed E-state index contributed by atoms with van der Waals surface area (Å²) in [6.45, 7) is 9.43. The fraction of sp³-hybridized carbons (Fsp3) is 0.936. The zero-order chi connectivity index (χ0) is 35.3. The van der Waals surface area contributed by atoms with Crippen molar-refractivity contribution in [3.05, 3.63) is 18.2 Å². The Morgan fingerprint density at radius 2 is 0.653 bits per heavy atom. The van der Waals surface area contributed by atoms with E-state index in [9.17, 15) is 0 Å².